The molecular weight excluding hydrogens is 198 g/mol. The van der Waals surface area contributed by atoms with Crippen LogP contribution in [0.5, 0.6) is 0 Å². The molecule has 0 aromatic heterocycles. The first-order chi connectivity index (χ1) is 7.81. The zero-order valence-corrected chi connectivity index (χ0v) is 10.1. The second kappa shape index (κ2) is 5.30. The lowest BCUT2D eigenvalue weighted by atomic mass is 10.3. The Morgan fingerprint density at radius 1 is 1.25 bits per heavy atom. The van der Waals surface area contributed by atoms with Gasteiger partial charge in [0.05, 0.1) is 0 Å². The molecule has 1 saturated heterocycles. The van der Waals surface area contributed by atoms with Crippen LogP contribution in [0.25, 0.3) is 0 Å². The van der Waals surface area contributed by atoms with E-state index >= 15 is 0 Å². The number of rotatable bonds is 3. The summed E-state index contributed by atoms with van der Waals surface area (Å²) in [6.07, 6.45) is 8.26. The Bertz CT molecular complexity index is 294. The second-order valence-corrected chi connectivity index (χ2v) is 4.51. The van der Waals surface area contributed by atoms with Crippen LogP contribution in [0.3, 0.4) is 0 Å². The van der Waals surface area contributed by atoms with E-state index in [0.29, 0.717) is 0 Å². The molecule has 0 unspecified atom stereocenters. The minimum Gasteiger partial charge on any atom is -0.358 e. The molecule has 0 N–H and O–H groups in total. The number of piperazine rings is 1. The monoisotopic (exact) mass is 219 g/mol. The van der Waals surface area contributed by atoms with E-state index in [9.17, 15) is 0 Å². The number of hydrogen-bond acceptors (Lipinski definition) is 2. The molecule has 0 spiro atoms. The molecule has 0 aromatic carbocycles. The van der Waals surface area contributed by atoms with Gasteiger partial charge in [0.1, 0.15) is 5.84 Å². The molecule has 0 amide bonds. The van der Waals surface area contributed by atoms with Crippen molar-refractivity contribution in [3.8, 4) is 0 Å². The zero-order chi connectivity index (χ0) is 11.4. The highest BCUT2D eigenvalue weighted by molar-refractivity contribution is 5.80. The number of amidine groups is 1. The average molecular weight is 219 g/mol. The molecule has 88 valence electrons. The molecule has 0 atom stereocenters. The van der Waals surface area contributed by atoms with Gasteiger partial charge < -0.3 is 4.90 Å². The van der Waals surface area contributed by atoms with Crippen molar-refractivity contribution in [3.63, 3.8) is 0 Å². The van der Waals surface area contributed by atoms with Crippen molar-refractivity contribution in [2.45, 2.75) is 25.8 Å². The van der Waals surface area contributed by atoms with Gasteiger partial charge in [0.25, 0.3) is 0 Å². The number of nitrogens with zero attached hydrogens (tertiary/aromatic N) is 3. The molecule has 3 heteroatoms. The van der Waals surface area contributed by atoms with Gasteiger partial charge in [0.2, 0.25) is 0 Å². The average Bonchev–Trinajstić information content (AvgIpc) is 3.13. The summed E-state index contributed by atoms with van der Waals surface area (Å²) in [5.41, 5.74) is 0. The Balaban J connectivity index is 1.80. The third-order valence-electron chi connectivity index (χ3n) is 3.32. The van der Waals surface area contributed by atoms with Gasteiger partial charge in [-0.3, -0.25) is 4.90 Å². The highest BCUT2D eigenvalue weighted by Crippen LogP contribution is 2.27. The van der Waals surface area contributed by atoms with E-state index in [1.54, 1.807) is 6.08 Å². The van der Waals surface area contributed by atoms with E-state index in [1.165, 1.54) is 25.9 Å². The largest absolute Gasteiger partial charge is 0.358 e. The summed E-state index contributed by atoms with van der Waals surface area (Å²) in [6, 6.07) is 0.903. The quantitative estimate of drug-likeness (QED) is 0.410. The smallest absolute Gasteiger partial charge is 0.101 e. The molecule has 0 bridgehead atoms. The summed E-state index contributed by atoms with van der Waals surface area (Å²) in [5.74, 6) is 1.12. The molecule has 1 saturated carbocycles. The predicted molar refractivity (Wildman–Crippen MR) is 68.6 cm³/mol. The first-order valence-corrected chi connectivity index (χ1v) is 6.12. The summed E-state index contributed by atoms with van der Waals surface area (Å²) in [5, 5.41) is 0. The van der Waals surface area contributed by atoms with Crippen LogP contribution < -0.4 is 0 Å². The Morgan fingerprint density at radius 2 is 1.94 bits per heavy atom. The van der Waals surface area contributed by atoms with Crippen molar-refractivity contribution in [1.82, 2.24) is 9.80 Å². The molecule has 1 heterocycles. The van der Waals surface area contributed by atoms with Gasteiger partial charge in [0, 0.05) is 38.4 Å². The normalized spacial score (nSPS) is 24.1. The maximum Gasteiger partial charge on any atom is 0.101 e. The number of hydrogen-bond donors (Lipinski definition) is 0. The lowest BCUT2D eigenvalue weighted by Gasteiger charge is -2.35. The Kier molecular flexibility index (Phi) is 3.78. The van der Waals surface area contributed by atoms with E-state index in [2.05, 4.69) is 28.3 Å². The van der Waals surface area contributed by atoms with Crippen LogP contribution in [0.1, 0.15) is 19.8 Å². The Morgan fingerprint density at radius 3 is 2.50 bits per heavy atom. The SMILES string of the molecule is C=C/C=C\N=C(C)N1CCN(C2CC2)CC1. The molecule has 0 radical (unpaired) electrons. The van der Waals surface area contributed by atoms with Gasteiger partial charge in [-0.05, 0) is 25.8 Å². The summed E-state index contributed by atoms with van der Waals surface area (Å²) < 4.78 is 0. The first kappa shape index (κ1) is 11.4. The highest BCUT2D eigenvalue weighted by Gasteiger charge is 2.31. The fraction of sp³-hybridized carbons (Fsp3) is 0.615. The summed E-state index contributed by atoms with van der Waals surface area (Å²) >= 11 is 0. The van der Waals surface area contributed by atoms with Gasteiger partial charge in [-0.25, -0.2) is 4.99 Å². The topological polar surface area (TPSA) is 18.8 Å². The van der Waals surface area contributed by atoms with Crippen molar-refractivity contribution in [1.29, 1.82) is 0 Å². The Labute approximate surface area is 98.1 Å². The molecule has 1 aliphatic heterocycles. The minimum atomic E-state index is 0.903. The molecule has 2 aliphatic rings. The number of allylic oxidation sites excluding steroid dienone is 2. The molecule has 1 aliphatic carbocycles. The molecular formula is C13H21N3. The first-order valence-electron chi connectivity index (χ1n) is 6.12. The van der Waals surface area contributed by atoms with Crippen molar-refractivity contribution in [3.05, 3.63) is 24.9 Å². The van der Waals surface area contributed by atoms with Gasteiger partial charge >= 0.3 is 0 Å². The third-order valence-corrected chi connectivity index (χ3v) is 3.32. The highest BCUT2D eigenvalue weighted by atomic mass is 15.3. The maximum atomic E-state index is 4.40. The van der Waals surface area contributed by atoms with Gasteiger partial charge in [-0.2, -0.15) is 0 Å². The standard InChI is InChI=1S/C13H21N3/c1-3-4-7-14-12(2)15-8-10-16(11-9-15)13-5-6-13/h3-4,7,13H,1,5-6,8-11H2,2H3/b7-4-,14-12?. The minimum absolute atomic E-state index is 0.903. The van der Waals surface area contributed by atoms with E-state index in [-0.39, 0.29) is 0 Å². The lowest BCUT2D eigenvalue weighted by molar-refractivity contribution is 0.174. The van der Waals surface area contributed by atoms with Crippen LogP contribution in [0.2, 0.25) is 0 Å². The molecule has 3 nitrogen and oxygen atoms in total. The second-order valence-electron chi connectivity index (χ2n) is 4.51. The van der Waals surface area contributed by atoms with E-state index < -0.39 is 0 Å². The third kappa shape index (κ3) is 2.95. The summed E-state index contributed by atoms with van der Waals surface area (Å²) in [6.45, 7) is 10.3. The molecule has 16 heavy (non-hydrogen) atoms. The molecule has 2 fully saturated rings. The van der Waals surface area contributed by atoms with Crippen LogP contribution >= 0.6 is 0 Å². The maximum absolute atomic E-state index is 4.40. The van der Waals surface area contributed by atoms with Crippen LogP contribution in [0, 0.1) is 0 Å². The van der Waals surface area contributed by atoms with Crippen LogP contribution in [0.4, 0.5) is 0 Å². The zero-order valence-electron chi connectivity index (χ0n) is 10.1. The van der Waals surface area contributed by atoms with Gasteiger partial charge in [-0.15, -0.1) is 0 Å². The van der Waals surface area contributed by atoms with Crippen molar-refractivity contribution >= 4 is 5.84 Å². The van der Waals surface area contributed by atoms with Crippen LogP contribution in [0.15, 0.2) is 29.9 Å². The summed E-state index contributed by atoms with van der Waals surface area (Å²) in [7, 11) is 0. The van der Waals surface area contributed by atoms with E-state index in [4.69, 9.17) is 0 Å². The van der Waals surface area contributed by atoms with Gasteiger partial charge in [0.15, 0.2) is 0 Å². The van der Waals surface area contributed by atoms with Crippen molar-refractivity contribution in [2.75, 3.05) is 26.2 Å². The van der Waals surface area contributed by atoms with Crippen molar-refractivity contribution in [2.24, 2.45) is 4.99 Å². The van der Waals surface area contributed by atoms with Crippen LogP contribution in [-0.4, -0.2) is 47.9 Å². The molecule has 2 rings (SSSR count). The summed E-state index contributed by atoms with van der Waals surface area (Å²) in [4.78, 5) is 9.38. The number of aliphatic imine (C=N–C) groups is 1. The molecule has 0 aromatic rings. The van der Waals surface area contributed by atoms with E-state index in [1.807, 2.05) is 12.3 Å². The van der Waals surface area contributed by atoms with Gasteiger partial charge in [-0.1, -0.05) is 12.7 Å². The fourth-order valence-corrected chi connectivity index (χ4v) is 2.14. The van der Waals surface area contributed by atoms with Crippen LogP contribution in [-0.2, 0) is 0 Å². The Hall–Kier alpha value is -1.09. The fourth-order valence-electron chi connectivity index (χ4n) is 2.14. The lowest BCUT2D eigenvalue weighted by Crippen LogP contribution is -2.48. The van der Waals surface area contributed by atoms with Crippen molar-refractivity contribution < 1.29 is 0 Å². The predicted octanol–water partition coefficient (Wildman–Crippen LogP) is 1.88. The van der Waals surface area contributed by atoms with E-state index in [0.717, 1.165) is 25.0 Å².